The Morgan fingerprint density at radius 1 is 1.20 bits per heavy atom. The van der Waals surface area contributed by atoms with E-state index in [9.17, 15) is 4.79 Å². The van der Waals surface area contributed by atoms with Gasteiger partial charge in [0.15, 0.2) is 0 Å². The molecule has 0 aliphatic heterocycles. The lowest BCUT2D eigenvalue weighted by molar-refractivity contribution is -0.137. The second-order valence-corrected chi connectivity index (χ2v) is 14.3. The third-order valence-corrected chi connectivity index (χ3v) is 11.7. The number of ether oxygens (including phenoxy) is 1. The van der Waals surface area contributed by atoms with Crippen LogP contribution in [0.3, 0.4) is 0 Å². The normalized spacial score (nSPS) is 22.5. The van der Waals surface area contributed by atoms with Crippen LogP contribution in [0, 0.1) is 5.41 Å². The first-order valence-corrected chi connectivity index (χ1v) is 11.8. The van der Waals surface area contributed by atoms with Crippen molar-refractivity contribution < 1.29 is 14.0 Å². The number of carbonyl (C=O) groups is 1. The van der Waals surface area contributed by atoms with E-state index < -0.39 is 8.32 Å². The van der Waals surface area contributed by atoms with E-state index >= 15 is 0 Å². The predicted molar refractivity (Wildman–Crippen MR) is 108 cm³/mol. The highest BCUT2D eigenvalue weighted by Gasteiger charge is 2.51. The van der Waals surface area contributed by atoms with Gasteiger partial charge in [-0.25, -0.2) is 4.79 Å². The largest absolute Gasteiger partial charge is 0.463 e. The maximum Gasteiger partial charge on any atom is 0.331 e. The average molecular weight is 367 g/mol. The van der Waals surface area contributed by atoms with Crippen LogP contribution in [0.15, 0.2) is 23.8 Å². The molecule has 0 radical (unpaired) electrons. The molecule has 0 heterocycles. The Morgan fingerprint density at radius 2 is 1.68 bits per heavy atom. The van der Waals surface area contributed by atoms with Gasteiger partial charge in [0.05, 0.1) is 12.7 Å². The maximum atomic E-state index is 12.1. The smallest absolute Gasteiger partial charge is 0.331 e. The molecule has 1 aliphatic rings. The minimum atomic E-state index is -2.06. The molecule has 1 atom stereocenters. The zero-order valence-electron chi connectivity index (χ0n) is 17.7. The van der Waals surface area contributed by atoms with Gasteiger partial charge in [0, 0.05) is 6.08 Å². The van der Waals surface area contributed by atoms with E-state index in [0.717, 1.165) is 17.6 Å². The number of esters is 1. The molecule has 0 aromatic carbocycles. The van der Waals surface area contributed by atoms with Crippen molar-refractivity contribution in [2.24, 2.45) is 5.41 Å². The molecule has 0 bridgehead atoms. The van der Waals surface area contributed by atoms with Gasteiger partial charge in [0.25, 0.3) is 0 Å². The quantitative estimate of drug-likeness (QED) is 0.314. The van der Waals surface area contributed by atoms with E-state index in [2.05, 4.69) is 62.0 Å². The molecular formula is C21H38O3Si. The van der Waals surface area contributed by atoms with Gasteiger partial charge in [-0.2, -0.15) is 0 Å². The molecule has 0 spiro atoms. The summed E-state index contributed by atoms with van der Waals surface area (Å²) < 4.78 is 12.2. The van der Waals surface area contributed by atoms with Crippen LogP contribution in [0.4, 0.5) is 0 Å². The molecule has 1 unspecified atom stereocenters. The Hall–Kier alpha value is -0.873. The number of hydrogen-bond donors (Lipinski definition) is 0. The standard InChI is InChI=1S/C21H38O3Si/c1-11-23-19(22)12-18-17(8)13-21(9,10)20(18)24-25(14(2)3,15(4)5)16(6)7/h12,14-16,20H,8,11,13H2,1-7,9-10H3/b18-12-. The summed E-state index contributed by atoms with van der Waals surface area (Å²) in [4.78, 5) is 12.1. The topological polar surface area (TPSA) is 35.5 Å². The van der Waals surface area contributed by atoms with Gasteiger partial charge in [0.2, 0.25) is 8.32 Å². The van der Waals surface area contributed by atoms with Crippen molar-refractivity contribution >= 4 is 14.3 Å². The first kappa shape index (κ1) is 22.2. The molecule has 4 heteroatoms. The molecule has 1 rings (SSSR count). The molecule has 3 nitrogen and oxygen atoms in total. The fourth-order valence-corrected chi connectivity index (χ4v) is 10.3. The van der Waals surface area contributed by atoms with E-state index in [1.54, 1.807) is 6.08 Å². The Balaban J connectivity index is 3.36. The van der Waals surface area contributed by atoms with Crippen LogP contribution in [0.1, 0.15) is 68.7 Å². The molecule has 0 saturated heterocycles. The van der Waals surface area contributed by atoms with Crippen molar-refractivity contribution in [1.29, 1.82) is 0 Å². The van der Waals surface area contributed by atoms with Gasteiger partial charge in [-0.15, -0.1) is 0 Å². The number of rotatable bonds is 7. The summed E-state index contributed by atoms with van der Waals surface area (Å²) in [5, 5.41) is 0. The Morgan fingerprint density at radius 3 is 2.08 bits per heavy atom. The molecule has 1 saturated carbocycles. The Kier molecular flexibility index (Phi) is 7.28. The van der Waals surface area contributed by atoms with E-state index in [4.69, 9.17) is 9.16 Å². The van der Waals surface area contributed by atoms with E-state index in [1.165, 1.54) is 0 Å². The summed E-state index contributed by atoms with van der Waals surface area (Å²) in [6.45, 7) is 24.6. The lowest BCUT2D eigenvalue weighted by Gasteiger charge is -2.46. The fourth-order valence-electron chi connectivity index (χ4n) is 4.68. The van der Waals surface area contributed by atoms with E-state index in [1.807, 2.05) is 6.92 Å². The zero-order valence-corrected chi connectivity index (χ0v) is 18.7. The van der Waals surface area contributed by atoms with Gasteiger partial charge in [0.1, 0.15) is 0 Å². The number of hydrogen-bond acceptors (Lipinski definition) is 3. The predicted octanol–water partition coefficient (Wildman–Crippen LogP) is 6.02. The third-order valence-electron chi connectivity index (χ3n) is 5.66. The van der Waals surface area contributed by atoms with Crippen molar-refractivity contribution in [3.8, 4) is 0 Å². The van der Waals surface area contributed by atoms with Crippen LogP contribution in [0.2, 0.25) is 16.6 Å². The van der Waals surface area contributed by atoms with Gasteiger partial charge >= 0.3 is 5.97 Å². The minimum Gasteiger partial charge on any atom is -0.463 e. The monoisotopic (exact) mass is 366 g/mol. The summed E-state index contributed by atoms with van der Waals surface area (Å²) in [5.41, 5.74) is 3.37. The molecule has 0 aromatic heterocycles. The first-order valence-electron chi connectivity index (χ1n) is 9.64. The second kappa shape index (κ2) is 8.21. The molecule has 144 valence electrons. The zero-order chi connectivity index (χ0) is 19.6. The van der Waals surface area contributed by atoms with Crippen LogP contribution in [-0.4, -0.2) is 27.0 Å². The van der Waals surface area contributed by atoms with Crippen molar-refractivity contribution in [3.63, 3.8) is 0 Å². The lowest BCUT2D eigenvalue weighted by atomic mass is 9.88. The molecule has 1 fully saturated rings. The highest BCUT2D eigenvalue weighted by molar-refractivity contribution is 6.77. The van der Waals surface area contributed by atoms with Crippen LogP contribution in [0.25, 0.3) is 0 Å². The molecule has 0 amide bonds. The highest BCUT2D eigenvalue weighted by Crippen LogP contribution is 2.51. The van der Waals surface area contributed by atoms with Crippen molar-refractivity contribution in [1.82, 2.24) is 0 Å². The Bertz CT molecular complexity index is 507. The van der Waals surface area contributed by atoms with Gasteiger partial charge < -0.3 is 9.16 Å². The third kappa shape index (κ3) is 4.46. The highest BCUT2D eigenvalue weighted by atomic mass is 28.4. The van der Waals surface area contributed by atoms with E-state index in [0.29, 0.717) is 23.2 Å². The summed E-state index contributed by atoms with van der Waals surface area (Å²) in [6, 6.07) is 0. The molecule has 0 aromatic rings. The second-order valence-electron chi connectivity index (χ2n) is 8.94. The fraction of sp³-hybridized carbons (Fsp3) is 0.762. The van der Waals surface area contributed by atoms with Crippen molar-refractivity contribution in [3.05, 3.63) is 23.8 Å². The SMILES string of the molecule is C=C1CC(C)(C)C(O[Si](C(C)C)(C(C)C)C(C)C)/C1=C\C(=O)OCC. The minimum absolute atomic E-state index is 0.0632. The summed E-state index contributed by atoms with van der Waals surface area (Å²) in [7, 11) is -2.06. The van der Waals surface area contributed by atoms with Crippen molar-refractivity contribution in [2.45, 2.75) is 91.5 Å². The molecule has 0 N–H and O–H groups in total. The van der Waals surface area contributed by atoms with Gasteiger partial charge in [-0.1, -0.05) is 62.0 Å². The summed E-state index contributed by atoms with van der Waals surface area (Å²) >= 11 is 0. The van der Waals surface area contributed by atoms with Crippen LogP contribution >= 0.6 is 0 Å². The Labute approximate surface area is 156 Å². The summed E-state index contributed by atoms with van der Waals surface area (Å²) in [6.07, 6.45) is 2.37. The lowest BCUT2D eigenvalue weighted by Crippen LogP contribution is -2.52. The van der Waals surface area contributed by atoms with Crippen LogP contribution in [-0.2, 0) is 14.0 Å². The summed E-state index contributed by atoms with van der Waals surface area (Å²) in [5.74, 6) is -0.296. The first-order chi connectivity index (χ1) is 11.4. The van der Waals surface area contributed by atoms with Gasteiger partial charge in [-0.05, 0) is 46.5 Å². The number of carbonyl (C=O) groups excluding carboxylic acids is 1. The average Bonchev–Trinajstić information content (AvgIpc) is 2.64. The molecule has 25 heavy (non-hydrogen) atoms. The van der Waals surface area contributed by atoms with Crippen LogP contribution in [0.5, 0.6) is 0 Å². The van der Waals surface area contributed by atoms with Crippen molar-refractivity contribution in [2.75, 3.05) is 6.61 Å². The maximum absolute atomic E-state index is 12.1. The van der Waals surface area contributed by atoms with Crippen LogP contribution < -0.4 is 0 Å². The van der Waals surface area contributed by atoms with E-state index in [-0.39, 0.29) is 17.5 Å². The van der Waals surface area contributed by atoms with Gasteiger partial charge in [-0.3, -0.25) is 0 Å². The molecular weight excluding hydrogens is 328 g/mol. The molecule has 1 aliphatic carbocycles.